The van der Waals surface area contributed by atoms with E-state index in [-0.39, 0.29) is 0 Å². The molecule has 0 bridgehead atoms. The summed E-state index contributed by atoms with van der Waals surface area (Å²) in [5, 5.41) is 3.86. The zero-order valence-electron chi connectivity index (χ0n) is 11.3. The molecule has 0 aromatic rings. The zero-order valence-corrected chi connectivity index (χ0v) is 11.3. The second-order valence-corrected chi connectivity index (χ2v) is 5.89. The Morgan fingerprint density at radius 2 is 1.69 bits per heavy atom. The maximum Gasteiger partial charge on any atom is 0.0129 e. The summed E-state index contributed by atoms with van der Waals surface area (Å²) in [5.41, 5.74) is 0. The second kappa shape index (κ2) is 5.53. The molecule has 0 heterocycles. The van der Waals surface area contributed by atoms with Gasteiger partial charge in [0.25, 0.3) is 0 Å². The summed E-state index contributed by atoms with van der Waals surface area (Å²) in [6, 6.07) is 0.838. The lowest BCUT2D eigenvalue weighted by Crippen LogP contribution is -2.39. The third kappa shape index (κ3) is 2.30. The molecule has 0 spiro atoms. The summed E-state index contributed by atoms with van der Waals surface area (Å²) in [5.74, 6) is 4.18. The van der Waals surface area contributed by atoms with Gasteiger partial charge in [-0.2, -0.15) is 0 Å². The highest BCUT2D eigenvalue weighted by molar-refractivity contribution is 5.07. The minimum absolute atomic E-state index is 0.838. The summed E-state index contributed by atoms with van der Waals surface area (Å²) in [4.78, 5) is 0. The topological polar surface area (TPSA) is 12.0 Å². The number of nitrogens with one attached hydrogen (secondary N) is 1. The van der Waals surface area contributed by atoms with Crippen LogP contribution in [0.3, 0.4) is 0 Å². The molecule has 0 aromatic carbocycles. The van der Waals surface area contributed by atoms with E-state index in [9.17, 15) is 0 Å². The highest BCUT2D eigenvalue weighted by Crippen LogP contribution is 2.60. The van der Waals surface area contributed by atoms with Crippen molar-refractivity contribution < 1.29 is 0 Å². The summed E-state index contributed by atoms with van der Waals surface area (Å²) >= 11 is 0. The van der Waals surface area contributed by atoms with Crippen LogP contribution in [0.2, 0.25) is 0 Å². The molecule has 2 aliphatic carbocycles. The van der Waals surface area contributed by atoms with Crippen LogP contribution in [0.25, 0.3) is 0 Å². The van der Waals surface area contributed by atoms with E-state index >= 15 is 0 Å². The van der Waals surface area contributed by atoms with Gasteiger partial charge in [0, 0.05) is 6.04 Å². The Labute approximate surface area is 101 Å². The molecule has 0 amide bonds. The average molecular weight is 223 g/mol. The third-order valence-electron chi connectivity index (χ3n) is 5.07. The first kappa shape index (κ1) is 12.4. The van der Waals surface area contributed by atoms with Gasteiger partial charge in [-0.3, -0.25) is 0 Å². The smallest absolute Gasteiger partial charge is 0.0129 e. The normalized spacial score (nSPS) is 34.1. The Morgan fingerprint density at radius 1 is 1.06 bits per heavy atom. The van der Waals surface area contributed by atoms with Gasteiger partial charge in [0.05, 0.1) is 0 Å². The molecule has 2 saturated carbocycles. The standard InChI is InChI=1S/C15H29N/c1-4-10-16-15(11(5-2)6-3)14-12-8-7-9-13(12)14/h11-16H,4-10H2,1-3H3. The van der Waals surface area contributed by atoms with Crippen LogP contribution in [0.15, 0.2) is 0 Å². The van der Waals surface area contributed by atoms with Gasteiger partial charge in [0.15, 0.2) is 0 Å². The fourth-order valence-electron chi connectivity index (χ4n) is 4.13. The summed E-state index contributed by atoms with van der Waals surface area (Å²) < 4.78 is 0. The minimum Gasteiger partial charge on any atom is -0.313 e. The molecule has 0 radical (unpaired) electrons. The summed E-state index contributed by atoms with van der Waals surface area (Å²) in [6.07, 6.45) is 8.55. The molecular weight excluding hydrogens is 194 g/mol. The van der Waals surface area contributed by atoms with Crippen molar-refractivity contribution in [1.82, 2.24) is 5.32 Å². The Balaban J connectivity index is 1.92. The van der Waals surface area contributed by atoms with E-state index in [4.69, 9.17) is 0 Å². The molecule has 2 fully saturated rings. The third-order valence-corrected chi connectivity index (χ3v) is 5.07. The lowest BCUT2D eigenvalue weighted by Gasteiger charge is -2.28. The molecule has 3 unspecified atom stereocenters. The van der Waals surface area contributed by atoms with Gasteiger partial charge < -0.3 is 5.32 Å². The molecule has 3 atom stereocenters. The first-order valence-electron chi connectivity index (χ1n) is 7.56. The van der Waals surface area contributed by atoms with Crippen LogP contribution in [0, 0.1) is 23.7 Å². The minimum atomic E-state index is 0.838. The molecule has 0 aromatic heterocycles. The maximum absolute atomic E-state index is 3.86. The van der Waals surface area contributed by atoms with Crippen molar-refractivity contribution in [2.75, 3.05) is 6.54 Å². The van der Waals surface area contributed by atoms with Gasteiger partial charge in [-0.05, 0) is 49.5 Å². The Kier molecular flexibility index (Phi) is 4.29. The van der Waals surface area contributed by atoms with Crippen LogP contribution in [0.4, 0.5) is 0 Å². The first-order chi connectivity index (χ1) is 7.83. The van der Waals surface area contributed by atoms with E-state index in [1.165, 1.54) is 45.1 Å². The van der Waals surface area contributed by atoms with Gasteiger partial charge >= 0.3 is 0 Å². The second-order valence-electron chi connectivity index (χ2n) is 5.89. The van der Waals surface area contributed by atoms with Crippen molar-refractivity contribution >= 4 is 0 Å². The van der Waals surface area contributed by atoms with Crippen molar-refractivity contribution in [1.29, 1.82) is 0 Å². The van der Waals surface area contributed by atoms with E-state index in [0.29, 0.717) is 0 Å². The molecule has 2 aliphatic rings. The van der Waals surface area contributed by atoms with Crippen LogP contribution < -0.4 is 5.32 Å². The quantitative estimate of drug-likeness (QED) is 0.691. The number of fused-ring (bicyclic) bond motifs is 1. The molecule has 2 rings (SSSR count). The van der Waals surface area contributed by atoms with E-state index in [1.807, 2.05) is 0 Å². The number of rotatable bonds is 7. The SMILES string of the molecule is CCCNC(C(CC)CC)C1C2CCCC21. The van der Waals surface area contributed by atoms with Crippen LogP contribution in [-0.4, -0.2) is 12.6 Å². The Bertz CT molecular complexity index is 199. The molecule has 1 N–H and O–H groups in total. The average Bonchev–Trinajstić information content (AvgIpc) is 2.77. The lowest BCUT2D eigenvalue weighted by molar-refractivity contribution is 0.278. The molecule has 94 valence electrons. The largest absolute Gasteiger partial charge is 0.313 e. The van der Waals surface area contributed by atoms with Gasteiger partial charge in [-0.25, -0.2) is 0 Å². The molecule has 1 nitrogen and oxygen atoms in total. The van der Waals surface area contributed by atoms with Crippen LogP contribution in [0.5, 0.6) is 0 Å². The van der Waals surface area contributed by atoms with Crippen molar-refractivity contribution in [3.63, 3.8) is 0 Å². The van der Waals surface area contributed by atoms with Gasteiger partial charge in [-0.15, -0.1) is 0 Å². The predicted molar refractivity (Wildman–Crippen MR) is 70.5 cm³/mol. The predicted octanol–water partition coefficient (Wildman–Crippen LogP) is 3.84. The van der Waals surface area contributed by atoms with E-state index in [2.05, 4.69) is 26.1 Å². The first-order valence-corrected chi connectivity index (χ1v) is 7.56. The summed E-state index contributed by atoms with van der Waals surface area (Å²) in [6.45, 7) is 8.24. The van der Waals surface area contributed by atoms with E-state index in [0.717, 1.165) is 29.7 Å². The van der Waals surface area contributed by atoms with Crippen molar-refractivity contribution in [3.8, 4) is 0 Å². The molecule has 0 aliphatic heterocycles. The molecule has 16 heavy (non-hydrogen) atoms. The monoisotopic (exact) mass is 223 g/mol. The lowest BCUT2D eigenvalue weighted by atomic mass is 9.87. The van der Waals surface area contributed by atoms with Crippen molar-refractivity contribution in [3.05, 3.63) is 0 Å². The van der Waals surface area contributed by atoms with Crippen molar-refractivity contribution in [2.45, 2.75) is 65.3 Å². The molecule has 1 heteroatoms. The Hall–Kier alpha value is -0.0400. The number of hydrogen-bond acceptors (Lipinski definition) is 1. The van der Waals surface area contributed by atoms with Gasteiger partial charge in [0.2, 0.25) is 0 Å². The maximum atomic E-state index is 3.86. The van der Waals surface area contributed by atoms with E-state index in [1.54, 1.807) is 0 Å². The van der Waals surface area contributed by atoms with Gasteiger partial charge in [-0.1, -0.05) is 40.0 Å². The fourth-order valence-corrected chi connectivity index (χ4v) is 4.13. The van der Waals surface area contributed by atoms with Crippen LogP contribution >= 0.6 is 0 Å². The van der Waals surface area contributed by atoms with E-state index < -0.39 is 0 Å². The molecular formula is C15H29N. The fraction of sp³-hybridized carbons (Fsp3) is 1.00. The van der Waals surface area contributed by atoms with Gasteiger partial charge in [0.1, 0.15) is 0 Å². The van der Waals surface area contributed by atoms with Crippen molar-refractivity contribution in [2.24, 2.45) is 23.7 Å². The van der Waals surface area contributed by atoms with Crippen LogP contribution in [-0.2, 0) is 0 Å². The Morgan fingerprint density at radius 3 is 2.19 bits per heavy atom. The summed E-state index contributed by atoms with van der Waals surface area (Å²) in [7, 11) is 0. The number of hydrogen-bond donors (Lipinski definition) is 1. The van der Waals surface area contributed by atoms with Crippen LogP contribution in [0.1, 0.15) is 59.3 Å². The highest BCUT2D eigenvalue weighted by Gasteiger charge is 2.56. The highest BCUT2D eigenvalue weighted by atomic mass is 14.9. The molecule has 0 saturated heterocycles. The zero-order chi connectivity index (χ0) is 11.5.